The van der Waals surface area contributed by atoms with Gasteiger partial charge in [-0.1, -0.05) is 6.07 Å². The average Bonchev–Trinajstić information content (AvgIpc) is 3.37. The summed E-state index contributed by atoms with van der Waals surface area (Å²) in [5, 5.41) is 16.9. The van der Waals surface area contributed by atoms with Crippen molar-refractivity contribution in [3.8, 4) is 5.69 Å². The van der Waals surface area contributed by atoms with Crippen LogP contribution in [-0.2, 0) is 0 Å². The second-order valence-electron chi connectivity index (χ2n) is 7.18. The highest BCUT2D eigenvalue weighted by molar-refractivity contribution is 5.95. The maximum absolute atomic E-state index is 13.0. The van der Waals surface area contributed by atoms with Gasteiger partial charge in [-0.05, 0) is 43.3 Å². The van der Waals surface area contributed by atoms with Crippen LogP contribution >= 0.6 is 0 Å². The van der Waals surface area contributed by atoms with Gasteiger partial charge in [-0.3, -0.25) is 4.79 Å². The molecule has 9 nitrogen and oxygen atoms in total. The summed E-state index contributed by atoms with van der Waals surface area (Å²) in [6.45, 7) is 3.35. The zero-order valence-electron chi connectivity index (χ0n) is 16.2. The molecule has 0 saturated carbocycles. The first kappa shape index (κ1) is 17.4. The van der Waals surface area contributed by atoms with Crippen molar-refractivity contribution in [1.82, 2.24) is 34.5 Å². The molecule has 4 aromatic rings. The molecule has 0 atom stereocenters. The zero-order valence-corrected chi connectivity index (χ0v) is 16.2. The molecule has 146 valence electrons. The number of amides is 1. The van der Waals surface area contributed by atoms with Crippen molar-refractivity contribution < 1.29 is 4.79 Å². The van der Waals surface area contributed by atoms with Crippen LogP contribution in [0.2, 0.25) is 0 Å². The van der Waals surface area contributed by atoms with Crippen LogP contribution in [0.4, 0.5) is 5.82 Å². The van der Waals surface area contributed by atoms with E-state index < -0.39 is 0 Å². The van der Waals surface area contributed by atoms with E-state index in [-0.39, 0.29) is 11.9 Å². The molecule has 0 bridgehead atoms. The van der Waals surface area contributed by atoms with Crippen molar-refractivity contribution in [2.24, 2.45) is 0 Å². The van der Waals surface area contributed by atoms with Crippen molar-refractivity contribution >= 4 is 17.4 Å². The maximum atomic E-state index is 13.0. The number of carbonyl (C=O) groups is 1. The highest BCUT2D eigenvalue weighted by Gasteiger charge is 2.34. The van der Waals surface area contributed by atoms with E-state index in [4.69, 9.17) is 0 Å². The Bertz CT molecular complexity index is 1180. The van der Waals surface area contributed by atoms with Crippen LogP contribution in [-0.4, -0.2) is 66.6 Å². The molecule has 5 rings (SSSR count). The largest absolute Gasteiger partial charge is 0.351 e. The number of nitrogens with zero attached hydrogens (tertiary/aromatic N) is 8. The van der Waals surface area contributed by atoms with E-state index in [9.17, 15) is 4.79 Å². The van der Waals surface area contributed by atoms with E-state index in [2.05, 4.69) is 25.3 Å². The van der Waals surface area contributed by atoms with Crippen LogP contribution in [0.1, 0.15) is 16.2 Å². The molecule has 29 heavy (non-hydrogen) atoms. The Balaban J connectivity index is 1.28. The highest BCUT2D eigenvalue weighted by atomic mass is 16.2. The quantitative estimate of drug-likeness (QED) is 0.528. The number of anilines is 1. The molecule has 1 saturated heterocycles. The lowest BCUT2D eigenvalue weighted by Crippen LogP contribution is -2.60. The van der Waals surface area contributed by atoms with Gasteiger partial charge in [0, 0.05) is 38.1 Å². The minimum atomic E-state index is 0.00159. The van der Waals surface area contributed by atoms with Gasteiger partial charge in [-0.15, -0.1) is 15.3 Å². The molecular formula is C20H20N8O. The molecule has 1 amide bonds. The van der Waals surface area contributed by atoms with Gasteiger partial charge in [0.15, 0.2) is 11.5 Å². The third-order valence-corrected chi connectivity index (χ3v) is 5.32. The number of carbonyl (C=O) groups excluding carboxylic acids is 1. The van der Waals surface area contributed by atoms with Gasteiger partial charge in [0.1, 0.15) is 5.82 Å². The molecule has 1 fully saturated rings. The Morgan fingerprint density at radius 2 is 2.00 bits per heavy atom. The van der Waals surface area contributed by atoms with Crippen molar-refractivity contribution in [2.45, 2.75) is 13.0 Å². The van der Waals surface area contributed by atoms with Gasteiger partial charge in [-0.2, -0.15) is 9.61 Å². The Morgan fingerprint density at radius 3 is 2.79 bits per heavy atom. The van der Waals surface area contributed by atoms with E-state index in [1.807, 2.05) is 62.6 Å². The monoisotopic (exact) mass is 388 g/mol. The first-order chi connectivity index (χ1) is 14.1. The van der Waals surface area contributed by atoms with E-state index >= 15 is 0 Å². The molecule has 0 spiro atoms. The maximum Gasteiger partial charge on any atom is 0.254 e. The van der Waals surface area contributed by atoms with E-state index in [1.54, 1.807) is 20.3 Å². The van der Waals surface area contributed by atoms with Crippen LogP contribution in [0.5, 0.6) is 0 Å². The van der Waals surface area contributed by atoms with Gasteiger partial charge < -0.3 is 9.80 Å². The number of rotatable bonds is 4. The van der Waals surface area contributed by atoms with Gasteiger partial charge in [0.05, 0.1) is 11.7 Å². The topological polar surface area (TPSA) is 84.5 Å². The summed E-state index contributed by atoms with van der Waals surface area (Å²) >= 11 is 0. The minimum absolute atomic E-state index is 0.00159. The molecule has 0 N–H and O–H groups in total. The average molecular weight is 388 g/mol. The van der Waals surface area contributed by atoms with Gasteiger partial charge >= 0.3 is 0 Å². The predicted molar refractivity (Wildman–Crippen MR) is 107 cm³/mol. The number of benzene rings is 1. The summed E-state index contributed by atoms with van der Waals surface area (Å²) in [5.74, 6) is 1.61. The van der Waals surface area contributed by atoms with Crippen LogP contribution in [0.25, 0.3) is 11.3 Å². The van der Waals surface area contributed by atoms with E-state index in [0.717, 1.165) is 36.1 Å². The molecule has 1 aliphatic heterocycles. The standard InChI is InChI=1S/C20H20N8O/c1-14-22-23-18-7-8-19(24-28(14)18)26-12-17(13-26)25(2)20(29)15-5-3-6-16(11-15)27-10-4-9-21-27/h3-11,17H,12-13H2,1-2H3. The molecule has 0 radical (unpaired) electrons. The van der Waals surface area contributed by atoms with Crippen molar-refractivity contribution in [3.63, 3.8) is 0 Å². The third-order valence-electron chi connectivity index (χ3n) is 5.32. The second kappa shape index (κ2) is 6.69. The van der Waals surface area contributed by atoms with E-state index in [1.165, 1.54) is 0 Å². The normalized spacial score (nSPS) is 14.2. The smallest absolute Gasteiger partial charge is 0.254 e. The first-order valence-electron chi connectivity index (χ1n) is 9.41. The van der Waals surface area contributed by atoms with Gasteiger partial charge in [0.2, 0.25) is 0 Å². The fourth-order valence-corrected chi connectivity index (χ4v) is 3.51. The molecular weight excluding hydrogens is 368 g/mol. The number of likely N-dealkylation sites (N-methyl/N-ethyl adjacent to an activating group) is 1. The molecule has 1 aromatic carbocycles. The fraction of sp³-hybridized carbons (Fsp3) is 0.250. The van der Waals surface area contributed by atoms with Crippen LogP contribution in [0.15, 0.2) is 54.9 Å². The minimum Gasteiger partial charge on any atom is -0.351 e. The van der Waals surface area contributed by atoms with Gasteiger partial charge in [-0.25, -0.2) is 4.68 Å². The van der Waals surface area contributed by atoms with Crippen molar-refractivity contribution in [3.05, 3.63) is 66.2 Å². The lowest BCUT2D eigenvalue weighted by Gasteiger charge is -2.44. The summed E-state index contributed by atoms with van der Waals surface area (Å²) in [4.78, 5) is 16.9. The summed E-state index contributed by atoms with van der Waals surface area (Å²) in [6, 6.07) is 13.4. The molecule has 9 heteroatoms. The number of aromatic nitrogens is 6. The van der Waals surface area contributed by atoms with Crippen LogP contribution in [0.3, 0.4) is 0 Å². The summed E-state index contributed by atoms with van der Waals surface area (Å²) in [7, 11) is 1.85. The molecule has 4 heterocycles. The van der Waals surface area contributed by atoms with Crippen molar-refractivity contribution in [1.29, 1.82) is 0 Å². The molecule has 0 aliphatic carbocycles. The van der Waals surface area contributed by atoms with Crippen molar-refractivity contribution in [2.75, 3.05) is 25.0 Å². The van der Waals surface area contributed by atoms with E-state index in [0.29, 0.717) is 5.56 Å². The Kier molecular flexibility index (Phi) is 4.01. The Labute approximate surface area is 167 Å². The summed E-state index contributed by atoms with van der Waals surface area (Å²) < 4.78 is 3.48. The van der Waals surface area contributed by atoms with Gasteiger partial charge in [0.25, 0.3) is 5.91 Å². The summed E-state index contributed by atoms with van der Waals surface area (Å²) in [5.41, 5.74) is 2.25. The number of hydrogen-bond acceptors (Lipinski definition) is 6. The lowest BCUT2D eigenvalue weighted by atomic mass is 10.1. The second-order valence-corrected chi connectivity index (χ2v) is 7.18. The Hall–Kier alpha value is -3.75. The zero-order chi connectivity index (χ0) is 20.0. The molecule has 0 unspecified atom stereocenters. The van der Waals surface area contributed by atoms with Crippen LogP contribution in [0, 0.1) is 6.92 Å². The first-order valence-corrected chi connectivity index (χ1v) is 9.41. The SMILES string of the molecule is Cc1nnc2ccc(N3CC(N(C)C(=O)c4cccc(-n5cccn5)c4)C3)nn12. The summed E-state index contributed by atoms with van der Waals surface area (Å²) in [6.07, 6.45) is 3.58. The third kappa shape index (κ3) is 3.00. The lowest BCUT2D eigenvalue weighted by molar-refractivity contribution is 0.0705. The molecule has 3 aromatic heterocycles. The Morgan fingerprint density at radius 1 is 1.14 bits per heavy atom. The predicted octanol–water partition coefficient (Wildman–Crippen LogP) is 1.58. The number of aryl methyl sites for hydroxylation is 1. The highest BCUT2D eigenvalue weighted by Crippen LogP contribution is 2.23. The molecule has 1 aliphatic rings. The number of fused-ring (bicyclic) bond motifs is 1. The number of hydrogen-bond donors (Lipinski definition) is 0. The fourth-order valence-electron chi connectivity index (χ4n) is 3.51. The van der Waals surface area contributed by atoms with Crippen LogP contribution < -0.4 is 4.90 Å².